The second-order valence-corrected chi connectivity index (χ2v) is 8.11. The van der Waals surface area contributed by atoms with Crippen LogP contribution >= 0.6 is 0 Å². The molecule has 1 aliphatic carbocycles. The van der Waals surface area contributed by atoms with E-state index in [0.717, 1.165) is 11.4 Å². The number of carbonyl (C=O) groups is 2. The summed E-state index contributed by atoms with van der Waals surface area (Å²) >= 11 is 0. The molecule has 3 rings (SSSR count). The molecule has 7 nitrogen and oxygen atoms in total. The smallest absolute Gasteiger partial charge is 0.262 e. The molecule has 2 amide bonds. The van der Waals surface area contributed by atoms with Crippen molar-refractivity contribution in [2.45, 2.75) is 20.8 Å². The first kappa shape index (κ1) is 24.9. The van der Waals surface area contributed by atoms with Gasteiger partial charge in [-0.3, -0.25) is 9.59 Å². The van der Waals surface area contributed by atoms with E-state index < -0.39 is 0 Å². The summed E-state index contributed by atoms with van der Waals surface area (Å²) in [6.45, 7) is 7.26. The Bertz CT molecular complexity index is 909. The van der Waals surface area contributed by atoms with Gasteiger partial charge in [0, 0.05) is 18.2 Å². The lowest BCUT2D eigenvalue weighted by Gasteiger charge is -2.16. The lowest BCUT2D eigenvalue weighted by atomic mass is 10.1. The van der Waals surface area contributed by atoms with Crippen LogP contribution in [0.2, 0.25) is 0 Å². The summed E-state index contributed by atoms with van der Waals surface area (Å²) in [7, 11) is 1.72. The fourth-order valence-electron chi connectivity index (χ4n) is 2.59. The number of nitrogens with one attached hydrogen (secondary N) is 1. The van der Waals surface area contributed by atoms with Crippen LogP contribution in [-0.4, -0.2) is 50.1 Å². The van der Waals surface area contributed by atoms with Gasteiger partial charge in [0.25, 0.3) is 5.91 Å². The third-order valence-electron chi connectivity index (χ3n) is 4.82. The molecule has 0 heterocycles. The van der Waals surface area contributed by atoms with E-state index in [-0.39, 0.29) is 30.4 Å². The van der Waals surface area contributed by atoms with Crippen LogP contribution in [0.25, 0.3) is 0 Å². The number of para-hydroxylation sites is 1. The van der Waals surface area contributed by atoms with E-state index in [4.69, 9.17) is 15.2 Å². The number of benzene rings is 2. The third kappa shape index (κ3) is 8.81. The molecule has 32 heavy (non-hydrogen) atoms. The van der Waals surface area contributed by atoms with E-state index in [0.29, 0.717) is 18.9 Å². The topological polar surface area (TPSA) is 93.9 Å². The first-order valence-corrected chi connectivity index (χ1v) is 10.6. The van der Waals surface area contributed by atoms with Gasteiger partial charge in [0.1, 0.15) is 18.1 Å². The van der Waals surface area contributed by atoms with Crippen molar-refractivity contribution in [2.75, 3.05) is 33.4 Å². The number of nitrogens with zero attached hydrogens (tertiary/aromatic N) is 1. The van der Waals surface area contributed by atoms with Gasteiger partial charge in [-0.25, -0.2) is 0 Å². The summed E-state index contributed by atoms with van der Waals surface area (Å²) in [6, 6.07) is 17.1. The molecule has 0 atom stereocenters. The van der Waals surface area contributed by atoms with Gasteiger partial charge in [0.05, 0.1) is 13.1 Å². The van der Waals surface area contributed by atoms with Crippen LogP contribution in [0.1, 0.15) is 19.4 Å². The van der Waals surface area contributed by atoms with E-state index >= 15 is 0 Å². The van der Waals surface area contributed by atoms with E-state index in [9.17, 15) is 9.59 Å². The second kappa shape index (κ2) is 11.9. The molecule has 3 N–H and O–H groups in total. The normalized spacial score (nSPS) is 13.1. The van der Waals surface area contributed by atoms with Crippen LogP contribution < -0.4 is 20.5 Å². The van der Waals surface area contributed by atoms with E-state index in [1.807, 2.05) is 67.6 Å². The van der Waals surface area contributed by atoms with Gasteiger partial charge < -0.3 is 25.4 Å². The van der Waals surface area contributed by atoms with E-state index in [2.05, 4.69) is 19.2 Å². The first-order valence-electron chi connectivity index (χ1n) is 10.6. The Labute approximate surface area is 190 Å². The molecule has 2 aromatic carbocycles. The van der Waals surface area contributed by atoms with Crippen molar-refractivity contribution in [1.82, 2.24) is 10.2 Å². The molecule has 0 unspecified atom stereocenters. The quantitative estimate of drug-likeness (QED) is 0.627. The number of ether oxygens (including phenoxy) is 2. The molecule has 172 valence electrons. The maximum atomic E-state index is 11.5. The Kier molecular flexibility index (Phi) is 9.28. The Morgan fingerprint density at radius 2 is 1.59 bits per heavy atom. The summed E-state index contributed by atoms with van der Waals surface area (Å²) in [6.07, 6.45) is 2.02. The van der Waals surface area contributed by atoms with Crippen LogP contribution in [0.15, 0.2) is 66.4 Å². The molecule has 0 radical (unpaired) electrons. The number of amides is 2. The average Bonchev–Trinajstić information content (AvgIpc) is 3.39. The van der Waals surface area contributed by atoms with E-state index in [1.165, 1.54) is 5.56 Å². The first-order chi connectivity index (χ1) is 15.2. The predicted molar refractivity (Wildman–Crippen MR) is 125 cm³/mol. The van der Waals surface area contributed by atoms with Crippen molar-refractivity contribution in [3.63, 3.8) is 0 Å². The molecular weight excluding hydrogens is 406 g/mol. The lowest BCUT2D eigenvalue weighted by molar-refractivity contribution is -0.128. The zero-order valence-electron chi connectivity index (χ0n) is 19.3. The molecule has 0 bridgehead atoms. The van der Waals surface area contributed by atoms with Gasteiger partial charge in [-0.2, -0.15) is 0 Å². The highest BCUT2D eigenvalue weighted by Gasteiger charge is 2.34. The molecule has 0 saturated heterocycles. The fourth-order valence-corrected chi connectivity index (χ4v) is 2.59. The van der Waals surface area contributed by atoms with Gasteiger partial charge in [-0.15, -0.1) is 0 Å². The predicted octanol–water partition coefficient (Wildman–Crippen LogP) is 2.90. The SMILES string of the molecule is CC1(C)C=C1NC(=O)COc1ccccc1.Cc1ccc(OCCN(C)C(=O)CN)cc1. The maximum Gasteiger partial charge on any atom is 0.262 e. The number of hydrogen-bond acceptors (Lipinski definition) is 5. The number of carbonyl (C=O) groups excluding carboxylic acids is 2. The maximum absolute atomic E-state index is 11.5. The Hall–Kier alpha value is -3.32. The number of rotatable bonds is 9. The molecule has 0 fully saturated rings. The third-order valence-corrected chi connectivity index (χ3v) is 4.82. The molecular formula is C25H33N3O4. The van der Waals surface area contributed by atoms with Crippen LogP contribution in [0.4, 0.5) is 0 Å². The molecule has 0 aromatic heterocycles. The van der Waals surface area contributed by atoms with Crippen molar-refractivity contribution in [3.05, 3.63) is 71.9 Å². The minimum atomic E-state index is -0.110. The minimum absolute atomic E-state index is 0.0427. The Morgan fingerprint density at radius 1 is 1.00 bits per heavy atom. The van der Waals surface area contributed by atoms with Crippen molar-refractivity contribution >= 4 is 11.8 Å². The van der Waals surface area contributed by atoms with Crippen molar-refractivity contribution in [3.8, 4) is 11.5 Å². The fraction of sp³-hybridized carbons (Fsp3) is 0.360. The van der Waals surface area contributed by atoms with Gasteiger partial charge in [-0.1, -0.05) is 55.8 Å². The Morgan fingerprint density at radius 3 is 2.16 bits per heavy atom. The number of aryl methyl sites for hydroxylation is 1. The molecule has 0 saturated carbocycles. The van der Waals surface area contributed by atoms with Crippen LogP contribution in [-0.2, 0) is 9.59 Å². The summed E-state index contributed by atoms with van der Waals surface area (Å²) in [5.41, 5.74) is 7.48. The molecule has 2 aromatic rings. The summed E-state index contributed by atoms with van der Waals surface area (Å²) in [5, 5.41) is 2.81. The van der Waals surface area contributed by atoms with Crippen molar-refractivity contribution in [1.29, 1.82) is 0 Å². The number of allylic oxidation sites excluding steroid dienone is 2. The van der Waals surface area contributed by atoms with Crippen molar-refractivity contribution in [2.24, 2.45) is 11.1 Å². The second-order valence-electron chi connectivity index (χ2n) is 8.11. The number of hydrogen-bond donors (Lipinski definition) is 2. The standard InChI is InChI=1S/C13H15NO2.C12H18N2O2/c1-13(2)8-11(13)14-12(15)9-16-10-6-4-3-5-7-10;1-10-3-5-11(6-4-10)16-8-7-14(2)12(15)9-13/h3-8H,9H2,1-2H3,(H,14,15);3-6H,7-9,13H2,1-2H3. The van der Waals surface area contributed by atoms with Gasteiger partial charge in [0.2, 0.25) is 5.91 Å². The Balaban J connectivity index is 0.000000227. The highest BCUT2D eigenvalue weighted by atomic mass is 16.5. The summed E-state index contributed by atoms with van der Waals surface area (Å²) in [4.78, 5) is 24.2. The average molecular weight is 440 g/mol. The van der Waals surface area contributed by atoms with Gasteiger partial charge in [-0.05, 0) is 31.2 Å². The molecule has 1 aliphatic rings. The summed E-state index contributed by atoms with van der Waals surface area (Å²) in [5.74, 6) is 1.34. The van der Waals surface area contributed by atoms with Gasteiger partial charge >= 0.3 is 0 Å². The van der Waals surface area contributed by atoms with Crippen LogP contribution in [0.3, 0.4) is 0 Å². The van der Waals surface area contributed by atoms with Crippen molar-refractivity contribution < 1.29 is 19.1 Å². The monoisotopic (exact) mass is 439 g/mol. The highest BCUT2D eigenvalue weighted by molar-refractivity contribution is 5.80. The lowest BCUT2D eigenvalue weighted by Crippen LogP contribution is -2.35. The van der Waals surface area contributed by atoms with Gasteiger partial charge in [0.15, 0.2) is 6.61 Å². The van der Waals surface area contributed by atoms with Crippen LogP contribution in [0.5, 0.6) is 11.5 Å². The molecule has 0 spiro atoms. The number of likely N-dealkylation sites (N-methyl/N-ethyl adjacent to an activating group) is 1. The molecule has 7 heteroatoms. The zero-order valence-corrected chi connectivity index (χ0v) is 19.3. The van der Waals surface area contributed by atoms with E-state index in [1.54, 1.807) is 11.9 Å². The largest absolute Gasteiger partial charge is 0.492 e. The number of nitrogens with two attached hydrogens (primary N) is 1. The minimum Gasteiger partial charge on any atom is -0.492 e. The summed E-state index contributed by atoms with van der Waals surface area (Å²) < 4.78 is 10.8. The highest BCUT2D eigenvalue weighted by Crippen LogP contribution is 2.40. The molecule has 0 aliphatic heterocycles. The van der Waals surface area contributed by atoms with Crippen LogP contribution in [0, 0.1) is 12.3 Å². The zero-order chi connectivity index (χ0) is 23.6.